The van der Waals surface area contributed by atoms with Crippen LogP contribution in [-0.2, 0) is 9.53 Å². The number of esters is 1. The number of ether oxygens (including phenoxy) is 3. The number of rotatable bonds is 5. The van der Waals surface area contributed by atoms with Crippen LogP contribution in [0.1, 0.15) is 11.7 Å². The Hall–Kier alpha value is -1.93. The van der Waals surface area contributed by atoms with Crippen LogP contribution in [0, 0.1) is 0 Å². The zero-order valence-electron chi connectivity index (χ0n) is 10.2. The van der Waals surface area contributed by atoms with Gasteiger partial charge < -0.3 is 24.4 Å². The van der Waals surface area contributed by atoms with Gasteiger partial charge in [0.15, 0.2) is 6.10 Å². The van der Waals surface area contributed by atoms with Gasteiger partial charge in [-0.1, -0.05) is 0 Å². The van der Waals surface area contributed by atoms with E-state index in [2.05, 4.69) is 14.7 Å². The van der Waals surface area contributed by atoms with Gasteiger partial charge in [0.2, 0.25) is 5.88 Å². The Kier molecular flexibility index (Phi) is 4.81. The number of aliphatic hydroxyl groups excluding tert-OH is 2. The van der Waals surface area contributed by atoms with Crippen molar-refractivity contribution in [3.8, 4) is 11.9 Å². The first-order valence-electron chi connectivity index (χ1n) is 4.94. The van der Waals surface area contributed by atoms with Gasteiger partial charge in [-0.05, 0) is 0 Å². The molecule has 0 saturated carbocycles. The van der Waals surface area contributed by atoms with Crippen molar-refractivity contribution in [3.05, 3.63) is 11.8 Å². The Morgan fingerprint density at radius 2 is 1.94 bits per heavy atom. The Labute approximate surface area is 103 Å². The molecule has 1 aromatic heterocycles. The molecule has 0 fully saturated rings. The molecule has 1 rings (SSSR count). The third kappa shape index (κ3) is 2.84. The Morgan fingerprint density at radius 1 is 1.28 bits per heavy atom. The lowest BCUT2D eigenvalue weighted by Gasteiger charge is -2.17. The van der Waals surface area contributed by atoms with Crippen molar-refractivity contribution in [2.45, 2.75) is 12.2 Å². The van der Waals surface area contributed by atoms with E-state index in [0.717, 1.165) is 7.11 Å². The van der Waals surface area contributed by atoms with Gasteiger partial charge in [0.05, 0.1) is 26.9 Å². The summed E-state index contributed by atoms with van der Waals surface area (Å²) in [5, 5.41) is 19.3. The number of aliphatic hydroxyl groups is 2. The second kappa shape index (κ2) is 6.12. The monoisotopic (exact) mass is 258 g/mol. The summed E-state index contributed by atoms with van der Waals surface area (Å²) in [5.41, 5.74) is 0.0520. The molecule has 8 nitrogen and oxygen atoms in total. The molecule has 8 heteroatoms. The first kappa shape index (κ1) is 14.1. The molecule has 0 amide bonds. The molecule has 0 bridgehead atoms. The van der Waals surface area contributed by atoms with Crippen LogP contribution in [-0.4, -0.2) is 53.6 Å². The fraction of sp³-hybridized carbons (Fsp3) is 0.500. The molecular weight excluding hydrogens is 244 g/mol. The lowest BCUT2D eigenvalue weighted by atomic mass is 10.1. The molecule has 1 heterocycles. The smallest absolute Gasteiger partial charge is 0.337 e. The minimum atomic E-state index is -1.75. The third-order valence-electron chi connectivity index (χ3n) is 2.19. The SMILES string of the molecule is COC(=O)C(O)C(O)c1cnc(OC)nc1OC. The second-order valence-corrected chi connectivity index (χ2v) is 3.23. The number of nitrogens with zero attached hydrogens (tertiary/aromatic N) is 2. The van der Waals surface area contributed by atoms with Crippen LogP contribution in [0.5, 0.6) is 11.9 Å². The highest BCUT2D eigenvalue weighted by Gasteiger charge is 2.30. The maximum atomic E-state index is 11.1. The van der Waals surface area contributed by atoms with E-state index in [4.69, 9.17) is 9.47 Å². The summed E-state index contributed by atoms with van der Waals surface area (Å²) in [6, 6.07) is 0.0374. The molecule has 100 valence electrons. The quantitative estimate of drug-likeness (QED) is 0.651. The highest BCUT2D eigenvalue weighted by molar-refractivity contribution is 5.75. The highest BCUT2D eigenvalue weighted by Crippen LogP contribution is 2.26. The van der Waals surface area contributed by atoms with Crippen LogP contribution in [0.25, 0.3) is 0 Å². The summed E-state index contributed by atoms with van der Waals surface area (Å²) >= 11 is 0. The number of aromatic nitrogens is 2. The number of carbonyl (C=O) groups excluding carboxylic acids is 1. The van der Waals surface area contributed by atoms with Crippen LogP contribution in [0.3, 0.4) is 0 Å². The van der Waals surface area contributed by atoms with Crippen molar-refractivity contribution < 1.29 is 29.2 Å². The summed E-state index contributed by atoms with van der Waals surface area (Å²) in [4.78, 5) is 18.7. The van der Waals surface area contributed by atoms with Gasteiger partial charge in [-0.15, -0.1) is 0 Å². The zero-order valence-corrected chi connectivity index (χ0v) is 10.2. The van der Waals surface area contributed by atoms with E-state index in [9.17, 15) is 15.0 Å². The lowest BCUT2D eigenvalue weighted by Crippen LogP contribution is -2.29. The molecule has 2 unspecified atom stereocenters. The predicted octanol–water partition coefficient (Wildman–Crippen LogP) is -0.939. The Bertz CT molecular complexity index is 425. The van der Waals surface area contributed by atoms with Crippen LogP contribution in [0.2, 0.25) is 0 Å². The summed E-state index contributed by atoms with van der Waals surface area (Å²) < 4.78 is 14.0. The second-order valence-electron chi connectivity index (χ2n) is 3.23. The van der Waals surface area contributed by atoms with E-state index in [1.54, 1.807) is 0 Å². The Morgan fingerprint density at radius 3 is 2.44 bits per heavy atom. The van der Waals surface area contributed by atoms with Gasteiger partial charge in [0.1, 0.15) is 6.10 Å². The van der Waals surface area contributed by atoms with Crippen molar-refractivity contribution in [1.82, 2.24) is 9.97 Å². The van der Waals surface area contributed by atoms with Crippen LogP contribution < -0.4 is 9.47 Å². The first-order valence-corrected chi connectivity index (χ1v) is 4.94. The summed E-state index contributed by atoms with van der Waals surface area (Å²) in [6.07, 6.45) is -2.11. The molecule has 0 aromatic carbocycles. The van der Waals surface area contributed by atoms with Crippen molar-refractivity contribution in [2.75, 3.05) is 21.3 Å². The molecule has 0 aliphatic rings. The third-order valence-corrected chi connectivity index (χ3v) is 2.19. The lowest BCUT2D eigenvalue weighted by molar-refractivity contribution is -0.156. The number of carbonyl (C=O) groups is 1. The van der Waals surface area contributed by atoms with Crippen LogP contribution >= 0.6 is 0 Å². The molecule has 2 atom stereocenters. The fourth-order valence-corrected chi connectivity index (χ4v) is 1.24. The molecule has 0 saturated heterocycles. The predicted molar refractivity (Wildman–Crippen MR) is 58.1 cm³/mol. The van der Waals surface area contributed by atoms with Crippen LogP contribution in [0.4, 0.5) is 0 Å². The van der Waals surface area contributed by atoms with Crippen molar-refractivity contribution >= 4 is 5.97 Å². The van der Waals surface area contributed by atoms with E-state index < -0.39 is 18.2 Å². The van der Waals surface area contributed by atoms with Gasteiger partial charge in [-0.3, -0.25) is 0 Å². The minimum absolute atomic E-state index is 0.00250. The molecule has 0 aliphatic heterocycles. The average Bonchev–Trinajstić information content (AvgIpc) is 2.43. The van der Waals surface area contributed by atoms with Gasteiger partial charge in [0.25, 0.3) is 0 Å². The van der Waals surface area contributed by atoms with Gasteiger partial charge in [-0.2, -0.15) is 4.98 Å². The number of methoxy groups -OCH3 is 3. The molecule has 0 radical (unpaired) electrons. The largest absolute Gasteiger partial charge is 0.481 e. The number of hydrogen-bond donors (Lipinski definition) is 2. The fourth-order valence-electron chi connectivity index (χ4n) is 1.24. The maximum Gasteiger partial charge on any atom is 0.337 e. The van der Waals surface area contributed by atoms with Gasteiger partial charge in [0, 0.05) is 6.20 Å². The summed E-state index contributed by atoms with van der Waals surface area (Å²) in [6.45, 7) is 0. The molecule has 1 aromatic rings. The molecular formula is C10H14N2O6. The standard InChI is InChI=1S/C10H14N2O6/c1-16-8-5(4-11-10(12-8)18-3)6(13)7(14)9(15)17-2/h4,6-7,13-14H,1-3H3. The van der Waals surface area contributed by atoms with E-state index in [-0.39, 0.29) is 17.5 Å². The van der Waals surface area contributed by atoms with E-state index in [0.29, 0.717) is 0 Å². The first-order chi connectivity index (χ1) is 8.54. The molecule has 0 aliphatic carbocycles. The van der Waals surface area contributed by atoms with E-state index in [1.807, 2.05) is 0 Å². The van der Waals surface area contributed by atoms with Crippen molar-refractivity contribution in [1.29, 1.82) is 0 Å². The summed E-state index contributed by atoms with van der Waals surface area (Å²) in [5.74, 6) is -0.974. The summed E-state index contributed by atoms with van der Waals surface area (Å²) in [7, 11) is 3.79. The number of hydrogen-bond acceptors (Lipinski definition) is 8. The minimum Gasteiger partial charge on any atom is -0.481 e. The van der Waals surface area contributed by atoms with Gasteiger partial charge >= 0.3 is 12.0 Å². The average molecular weight is 258 g/mol. The van der Waals surface area contributed by atoms with Crippen molar-refractivity contribution in [3.63, 3.8) is 0 Å². The van der Waals surface area contributed by atoms with Crippen molar-refractivity contribution in [2.24, 2.45) is 0 Å². The Balaban J connectivity index is 3.04. The topological polar surface area (TPSA) is 111 Å². The highest BCUT2D eigenvalue weighted by atomic mass is 16.5. The molecule has 2 N–H and O–H groups in total. The van der Waals surface area contributed by atoms with E-state index in [1.165, 1.54) is 20.4 Å². The maximum absolute atomic E-state index is 11.1. The zero-order chi connectivity index (χ0) is 13.7. The molecule has 0 spiro atoms. The van der Waals surface area contributed by atoms with E-state index >= 15 is 0 Å². The molecule has 18 heavy (non-hydrogen) atoms. The van der Waals surface area contributed by atoms with Crippen LogP contribution in [0.15, 0.2) is 6.20 Å². The normalized spacial score (nSPS) is 13.6. The van der Waals surface area contributed by atoms with Gasteiger partial charge in [-0.25, -0.2) is 9.78 Å².